The van der Waals surface area contributed by atoms with Gasteiger partial charge in [-0.15, -0.1) is 0 Å². The van der Waals surface area contributed by atoms with E-state index in [9.17, 15) is 9.59 Å². The van der Waals surface area contributed by atoms with E-state index < -0.39 is 17.7 Å². The van der Waals surface area contributed by atoms with Crippen LogP contribution >= 0.6 is 0 Å². The minimum atomic E-state index is -0.672. The number of aliphatic imine (C=N–C) groups is 1. The van der Waals surface area contributed by atoms with Crippen molar-refractivity contribution >= 4 is 36.1 Å². The van der Waals surface area contributed by atoms with E-state index in [1.54, 1.807) is 38.8 Å². The molecule has 1 aliphatic carbocycles. The van der Waals surface area contributed by atoms with Crippen LogP contribution in [-0.2, 0) is 14.3 Å². The zero-order valence-corrected chi connectivity index (χ0v) is 27.7. The molecule has 1 aromatic heterocycles. The zero-order chi connectivity index (χ0) is 33.3. The lowest BCUT2D eigenvalue weighted by Crippen LogP contribution is -2.46. The van der Waals surface area contributed by atoms with Gasteiger partial charge in [0.2, 0.25) is 5.82 Å². The van der Waals surface area contributed by atoms with E-state index in [1.807, 2.05) is 22.8 Å². The van der Waals surface area contributed by atoms with Crippen LogP contribution in [0.3, 0.4) is 0 Å². The van der Waals surface area contributed by atoms with Gasteiger partial charge in [-0.25, -0.2) is 14.1 Å². The third-order valence-electron chi connectivity index (χ3n) is 9.18. The van der Waals surface area contributed by atoms with Gasteiger partial charge in [0.25, 0.3) is 5.91 Å². The number of anilines is 1. The highest BCUT2D eigenvalue weighted by Crippen LogP contribution is 2.35. The molecule has 252 valence electrons. The molecule has 6 rings (SSSR count). The Balaban J connectivity index is 1.11. The van der Waals surface area contributed by atoms with Crippen LogP contribution in [0.5, 0.6) is 0 Å². The van der Waals surface area contributed by atoms with Gasteiger partial charge in [0, 0.05) is 38.7 Å². The fourth-order valence-corrected chi connectivity index (χ4v) is 6.66. The smallest absolute Gasteiger partial charge is 0.444 e. The number of piperidine rings is 1. The number of allylic oxidation sites excluding steroid dienone is 3. The quantitative estimate of drug-likeness (QED) is 0.460. The number of nitrogens with one attached hydrogen (secondary N) is 1. The summed E-state index contributed by atoms with van der Waals surface area (Å²) in [5, 5.41) is 7.05. The number of halogens is 1. The van der Waals surface area contributed by atoms with Crippen LogP contribution in [0.1, 0.15) is 71.7 Å². The molecule has 4 unspecified atom stereocenters. The van der Waals surface area contributed by atoms with Gasteiger partial charge >= 0.3 is 18.1 Å². The lowest BCUT2D eigenvalue weighted by Gasteiger charge is -2.35. The highest BCUT2D eigenvalue weighted by Gasteiger charge is 2.44. The second kappa shape index (κ2) is 13.5. The van der Waals surface area contributed by atoms with E-state index in [4.69, 9.17) is 14.0 Å². The molecule has 5 aliphatic rings. The molecule has 1 N–H and O–H groups in total. The molecule has 0 saturated carbocycles. The van der Waals surface area contributed by atoms with Gasteiger partial charge < -0.3 is 29.1 Å². The number of hydrogen-bond acceptors (Lipinski definition) is 10. The van der Waals surface area contributed by atoms with E-state index in [1.165, 1.54) is 6.21 Å². The van der Waals surface area contributed by atoms with Gasteiger partial charge in [-0.05, 0) is 70.4 Å². The monoisotopic (exact) mass is 651 g/mol. The molecule has 1 aromatic rings. The molecule has 4 atom stereocenters. The van der Waals surface area contributed by atoms with E-state index in [2.05, 4.69) is 31.0 Å². The number of hydrogen-bond donors (Lipinski definition) is 1. The molecule has 0 bridgehead atoms. The molecular weight excluding hydrogens is 607 g/mol. The number of carbonyl (C=O) groups is 2. The summed E-state index contributed by atoms with van der Waals surface area (Å²) in [4.78, 5) is 40.8. The van der Waals surface area contributed by atoms with Crippen molar-refractivity contribution in [3.63, 3.8) is 0 Å². The number of nitrogens with zero attached hydrogens (tertiary/aromatic N) is 7. The first-order valence-corrected chi connectivity index (χ1v) is 16.5. The van der Waals surface area contributed by atoms with Crippen molar-refractivity contribution in [1.82, 2.24) is 29.9 Å². The molecule has 5 heterocycles. The Labute approximate surface area is 274 Å². The number of guanidine groups is 1. The molecule has 47 heavy (non-hydrogen) atoms. The van der Waals surface area contributed by atoms with Crippen molar-refractivity contribution in [3.05, 3.63) is 34.9 Å². The molecule has 3 fully saturated rings. The van der Waals surface area contributed by atoms with Gasteiger partial charge in [0.1, 0.15) is 23.7 Å². The third-order valence-corrected chi connectivity index (χ3v) is 9.18. The van der Waals surface area contributed by atoms with E-state index in [0.717, 1.165) is 32.3 Å². The van der Waals surface area contributed by atoms with Gasteiger partial charge in [-0.3, -0.25) is 4.79 Å². The predicted octanol–water partition coefficient (Wildman–Crippen LogP) is 3.10. The second-order valence-corrected chi connectivity index (χ2v) is 13.9. The lowest BCUT2D eigenvalue weighted by atomic mass is 9.86. The normalized spacial score (nSPS) is 26.5. The van der Waals surface area contributed by atoms with Crippen LogP contribution in [0.25, 0.3) is 0 Å². The van der Waals surface area contributed by atoms with E-state index in [0.29, 0.717) is 56.0 Å². The number of likely N-dealkylation sites (N-methyl/N-ethyl adjacent to an activating group) is 1. The Kier molecular flexibility index (Phi) is 9.36. The van der Waals surface area contributed by atoms with E-state index >= 15 is 4.39 Å². The summed E-state index contributed by atoms with van der Waals surface area (Å²) in [6, 6.07) is 0.0683. The van der Waals surface area contributed by atoms with Crippen LogP contribution in [-0.4, -0.2) is 108 Å². The van der Waals surface area contributed by atoms with Crippen molar-refractivity contribution < 1.29 is 28.0 Å². The maximum Gasteiger partial charge on any atom is 0.491 e. The maximum atomic E-state index is 15.1. The summed E-state index contributed by atoms with van der Waals surface area (Å²) in [5.74, 6) is 3.19. The maximum absolute atomic E-state index is 15.1. The molecule has 3 saturated heterocycles. The molecule has 13 nitrogen and oxygen atoms in total. The van der Waals surface area contributed by atoms with Gasteiger partial charge in [-0.1, -0.05) is 23.1 Å². The Morgan fingerprint density at radius 3 is 2.66 bits per heavy atom. The second-order valence-electron chi connectivity index (χ2n) is 13.9. The average Bonchev–Trinajstić information content (AvgIpc) is 3.82. The SMILES string of the molecule is CC1C=C(C2CN(C3=[N+]=C=C(C(=O)N(C)C4CCN(c5nc(C6CCCO6)no5)CC4)C=N3)CC2NC(=O)OC(C)(C)C)C(F)=CC1. The molecular formula is C33H44FN8O5+. The summed E-state index contributed by atoms with van der Waals surface area (Å²) in [7, 11) is 1.78. The largest absolute Gasteiger partial charge is 0.491 e. The Morgan fingerprint density at radius 2 is 1.98 bits per heavy atom. The number of likely N-dealkylation sites (tertiary alicyclic amines) is 1. The third kappa shape index (κ3) is 7.51. The van der Waals surface area contributed by atoms with Crippen molar-refractivity contribution in [2.45, 2.75) is 83.6 Å². The minimum absolute atomic E-state index is 0.0144. The van der Waals surface area contributed by atoms with Crippen LogP contribution in [0.15, 0.2) is 38.6 Å². The highest BCUT2D eigenvalue weighted by atomic mass is 19.1. The Bertz CT molecular complexity index is 1570. The first-order valence-electron chi connectivity index (χ1n) is 16.5. The number of amides is 2. The number of ether oxygens (including phenoxy) is 2. The van der Waals surface area contributed by atoms with E-state index in [-0.39, 0.29) is 41.3 Å². The molecule has 14 heteroatoms. The molecule has 0 aromatic carbocycles. The van der Waals surface area contributed by atoms with Crippen molar-refractivity contribution in [2.75, 3.05) is 44.7 Å². The fourth-order valence-electron chi connectivity index (χ4n) is 6.66. The number of aromatic nitrogens is 2. The number of carbonyl (C=O) groups excluding carboxylic acids is 2. The van der Waals surface area contributed by atoms with Crippen molar-refractivity contribution in [1.29, 1.82) is 0 Å². The van der Waals surface area contributed by atoms with Crippen molar-refractivity contribution in [2.24, 2.45) is 16.8 Å². The Hall–Kier alpha value is -4.25. The zero-order valence-electron chi connectivity index (χ0n) is 27.7. The first kappa shape index (κ1) is 32.7. The standard InChI is InChI=1S/C33H43FN8O5/c1-20-8-9-25(34)23(15-20)24-18-42(19-26(24)37-32(44)46-33(2,3)4)30-35-16-21(17-36-30)29(43)40(5)22-10-12-41(13-11-22)31-38-28(39-47-31)27-7-6-14-45-27/h9,15-16,20,22,24,26-27H,6-8,10-14,18-19H2,1-5H3/p+1. The Morgan fingerprint density at radius 1 is 1.19 bits per heavy atom. The average molecular weight is 652 g/mol. The molecule has 4 aliphatic heterocycles. The van der Waals surface area contributed by atoms with Gasteiger partial charge in [0.05, 0.1) is 19.1 Å². The summed E-state index contributed by atoms with van der Waals surface area (Å²) in [5.41, 5.74) is 0.154. The molecule has 0 spiro atoms. The van der Waals surface area contributed by atoms with Gasteiger partial charge in [0.15, 0.2) is 11.4 Å². The number of rotatable bonds is 6. The summed E-state index contributed by atoms with van der Waals surface area (Å²) in [6.07, 6.45) is 8.35. The van der Waals surface area contributed by atoms with Gasteiger partial charge in [-0.2, -0.15) is 9.65 Å². The molecule has 0 radical (unpaired) electrons. The van der Waals surface area contributed by atoms with Crippen LogP contribution in [0, 0.1) is 11.8 Å². The summed E-state index contributed by atoms with van der Waals surface area (Å²) in [6.45, 7) is 10.2. The first-order chi connectivity index (χ1) is 22.4. The number of alkyl carbamates (subject to hydrolysis) is 1. The van der Waals surface area contributed by atoms with Crippen LogP contribution < -0.4 is 14.9 Å². The topological polar surface area (TPSA) is 140 Å². The lowest BCUT2D eigenvalue weighted by molar-refractivity contribution is -0.127. The van der Waals surface area contributed by atoms with Crippen molar-refractivity contribution in [3.8, 4) is 0 Å². The summed E-state index contributed by atoms with van der Waals surface area (Å²) < 4.78 is 36.1. The predicted molar refractivity (Wildman–Crippen MR) is 174 cm³/mol. The van der Waals surface area contributed by atoms with Crippen LogP contribution in [0.2, 0.25) is 0 Å². The van der Waals surface area contributed by atoms with Crippen LogP contribution in [0.4, 0.5) is 15.2 Å². The highest BCUT2D eigenvalue weighted by molar-refractivity contribution is 6.22. The minimum Gasteiger partial charge on any atom is -0.444 e. The fraction of sp³-hybridized carbons (Fsp3) is 0.636. The molecule has 2 amide bonds. The summed E-state index contributed by atoms with van der Waals surface area (Å²) >= 11 is 0.